The first-order valence-corrected chi connectivity index (χ1v) is 11.8. The van der Waals surface area contributed by atoms with E-state index in [1.165, 1.54) is 15.2 Å². The molecule has 0 aromatic heterocycles. The van der Waals surface area contributed by atoms with Crippen LogP contribution in [0.4, 0.5) is 0 Å². The molecule has 4 aliphatic heterocycles. The lowest BCUT2D eigenvalue weighted by Crippen LogP contribution is -2.97. The van der Waals surface area contributed by atoms with Gasteiger partial charge in [0, 0.05) is 38.9 Å². The molecule has 3 aromatic rings. The van der Waals surface area contributed by atoms with Crippen LogP contribution in [-0.2, 0) is 19.3 Å². The molecule has 0 atom stereocenters. The van der Waals surface area contributed by atoms with E-state index in [-0.39, 0.29) is 0 Å². The Kier molecular flexibility index (Phi) is 5.13. The maximum atomic E-state index is 11.9. The Morgan fingerprint density at radius 1 is 0.471 bits per heavy atom. The van der Waals surface area contributed by atoms with Crippen molar-refractivity contribution in [1.82, 2.24) is 20.1 Å². The van der Waals surface area contributed by atoms with E-state index in [2.05, 4.69) is 4.90 Å². The van der Waals surface area contributed by atoms with E-state index in [1.807, 2.05) is 91.0 Å². The number of nitrogens with zero attached hydrogens (tertiary/aromatic N) is 4. The van der Waals surface area contributed by atoms with Gasteiger partial charge in [0.15, 0.2) is 0 Å². The highest BCUT2D eigenvalue weighted by Gasteiger charge is 2.75. The molecule has 176 valence electrons. The van der Waals surface area contributed by atoms with Crippen molar-refractivity contribution in [1.29, 1.82) is 0 Å². The van der Waals surface area contributed by atoms with Crippen molar-refractivity contribution >= 4 is 0 Å². The van der Waals surface area contributed by atoms with Crippen molar-refractivity contribution < 1.29 is 15.6 Å². The van der Waals surface area contributed by atoms with Crippen molar-refractivity contribution in [2.24, 2.45) is 0 Å². The zero-order valence-corrected chi connectivity index (χ0v) is 19.0. The lowest BCUT2D eigenvalue weighted by molar-refractivity contribution is -0.542. The average Bonchev–Trinajstić information content (AvgIpc) is 2.86. The Hall–Kier alpha value is -2.62. The summed E-state index contributed by atoms with van der Waals surface area (Å²) in [5.74, 6) is 0. The Labute approximate surface area is 199 Å². The second-order valence-corrected chi connectivity index (χ2v) is 10.0. The van der Waals surface area contributed by atoms with E-state index in [9.17, 15) is 15.6 Å². The molecule has 0 radical (unpaired) electrons. The molecule has 7 nitrogen and oxygen atoms in total. The molecule has 0 unspecified atom stereocenters. The van der Waals surface area contributed by atoms with E-state index in [0.717, 1.165) is 16.7 Å². The molecule has 3 N–H and O–H groups in total. The molecule has 4 aliphatic rings. The molecular weight excluding hydrogens is 428 g/mol. The van der Waals surface area contributed by atoms with Gasteiger partial charge in [-0.05, 0) is 16.7 Å². The minimum Gasteiger partial charge on any atom is -0.310 e. The number of piperazine rings is 3. The third kappa shape index (κ3) is 3.10. The molecule has 34 heavy (non-hydrogen) atoms. The molecular formula is C27H30N4O3. The zero-order chi connectivity index (χ0) is 23.4. The van der Waals surface area contributed by atoms with Gasteiger partial charge in [0.1, 0.15) is 17.0 Å². The van der Waals surface area contributed by atoms with Crippen LogP contribution in [0, 0.1) is 0 Å². The monoisotopic (exact) mass is 458 g/mol. The molecule has 0 saturated carbocycles. The predicted octanol–water partition coefficient (Wildman–Crippen LogP) is 3.22. The van der Waals surface area contributed by atoms with Crippen LogP contribution < -0.4 is 0 Å². The van der Waals surface area contributed by atoms with E-state index in [4.69, 9.17) is 0 Å². The SMILES string of the molecule is ON1C2(Cc3ccccc3)CN3CC1(Cc1ccccc1)N(O)C(Cc1ccccc1)(C3)N2O. The largest absolute Gasteiger partial charge is 0.310 e. The summed E-state index contributed by atoms with van der Waals surface area (Å²) >= 11 is 0. The Bertz CT molecular complexity index is 986. The number of benzene rings is 3. The van der Waals surface area contributed by atoms with Gasteiger partial charge < -0.3 is 15.6 Å². The highest BCUT2D eigenvalue weighted by atomic mass is 16.6. The minimum absolute atomic E-state index is 0.415. The van der Waals surface area contributed by atoms with Crippen molar-refractivity contribution in [2.45, 2.75) is 36.3 Å². The van der Waals surface area contributed by atoms with Gasteiger partial charge in [-0.15, -0.1) is 15.2 Å². The van der Waals surface area contributed by atoms with Crippen LogP contribution in [0.15, 0.2) is 91.0 Å². The number of hydroxylamine groups is 6. The van der Waals surface area contributed by atoms with Crippen molar-refractivity contribution in [3.05, 3.63) is 108 Å². The first-order chi connectivity index (χ1) is 16.5. The molecule has 3 aromatic carbocycles. The second-order valence-electron chi connectivity index (χ2n) is 10.0. The molecule has 4 saturated heterocycles. The second kappa shape index (κ2) is 7.96. The predicted molar refractivity (Wildman–Crippen MR) is 126 cm³/mol. The van der Waals surface area contributed by atoms with Gasteiger partial charge in [0.05, 0.1) is 0 Å². The Morgan fingerprint density at radius 2 is 0.735 bits per heavy atom. The molecule has 4 fully saturated rings. The highest BCUT2D eigenvalue weighted by molar-refractivity contribution is 5.29. The van der Waals surface area contributed by atoms with Gasteiger partial charge in [-0.3, -0.25) is 4.90 Å². The molecule has 4 heterocycles. The Balaban J connectivity index is 1.49. The van der Waals surface area contributed by atoms with E-state index in [1.54, 1.807) is 0 Å². The maximum absolute atomic E-state index is 11.9. The molecule has 7 rings (SSSR count). The van der Waals surface area contributed by atoms with Crippen molar-refractivity contribution in [2.75, 3.05) is 19.6 Å². The van der Waals surface area contributed by atoms with Crippen molar-refractivity contribution in [3.8, 4) is 0 Å². The lowest BCUT2D eigenvalue weighted by Gasteiger charge is -2.75. The standard InChI is InChI=1S/C27H30N4O3/c32-29-25(16-22-10-4-1-5-11-22)19-28-20-26(29,17-23-12-6-2-7-13-23)31(34)27(21-28,30(25)33)18-24-14-8-3-9-15-24/h1-15,32-34H,16-21H2. The fourth-order valence-electron chi connectivity index (χ4n) is 6.46. The minimum atomic E-state index is -1.11. The van der Waals surface area contributed by atoms with E-state index in [0.29, 0.717) is 38.9 Å². The fraction of sp³-hybridized carbons (Fsp3) is 0.333. The average molecular weight is 459 g/mol. The van der Waals surface area contributed by atoms with Crippen molar-refractivity contribution in [3.63, 3.8) is 0 Å². The normalized spacial score (nSPS) is 33.4. The van der Waals surface area contributed by atoms with Crippen LogP contribution in [0.1, 0.15) is 16.7 Å². The first-order valence-electron chi connectivity index (χ1n) is 11.8. The molecule has 4 bridgehead atoms. The first kappa shape index (κ1) is 21.9. The fourth-order valence-corrected chi connectivity index (χ4v) is 6.46. The zero-order valence-electron chi connectivity index (χ0n) is 19.0. The number of rotatable bonds is 6. The van der Waals surface area contributed by atoms with Gasteiger partial charge >= 0.3 is 0 Å². The third-order valence-electron chi connectivity index (χ3n) is 7.79. The molecule has 0 spiro atoms. The quantitative estimate of drug-likeness (QED) is 0.524. The summed E-state index contributed by atoms with van der Waals surface area (Å²) < 4.78 is 0. The van der Waals surface area contributed by atoms with E-state index >= 15 is 0 Å². The summed E-state index contributed by atoms with van der Waals surface area (Å²) in [5.41, 5.74) is -0.295. The molecule has 0 amide bonds. The summed E-state index contributed by atoms with van der Waals surface area (Å²) in [6, 6.07) is 29.8. The Morgan fingerprint density at radius 3 is 1.00 bits per heavy atom. The number of hydrogen-bond donors (Lipinski definition) is 3. The summed E-state index contributed by atoms with van der Waals surface area (Å²) in [5, 5.41) is 39.3. The van der Waals surface area contributed by atoms with Crippen LogP contribution >= 0.6 is 0 Å². The smallest absolute Gasteiger partial charge is 0.142 e. The van der Waals surface area contributed by atoms with Gasteiger partial charge in [0.2, 0.25) is 0 Å². The number of hydrogen-bond acceptors (Lipinski definition) is 7. The molecule has 0 aliphatic carbocycles. The highest BCUT2D eigenvalue weighted by Crippen LogP contribution is 2.53. The third-order valence-corrected chi connectivity index (χ3v) is 7.79. The maximum Gasteiger partial charge on any atom is 0.142 e. The summed E-state index contributed by atoms with van der Waals surface area (Å²) in [7, 11) is 0. The van der Waals surface area contributed by atoms with Crippen LogP contribution in [0.2, 0.25) is 0 Å². The topological polar surface area (TPSA) is 73.7 Å². The van der Waals surface area contributed by atoms with Crippen LogP contribution in [-0.4, -0.2) is 72.3 Å². The van der Waals surface area contributed by atoms with Crippen LogP contribution in [0.25, 0.3) is 0 Å². The van der Waals surface area contributed by atoms with Gasteiger partial charge in [-0.1, -0.05) is 91.0 Å². The van der Waals surface area contributed by atoms with Gasteiger partial charge in [0.25, 0.3) is 0 Å². The molecule has 7 heteroatoms. The van der Waals surface area contributed by atoms with Crippen LogP contribution in [0.5, 0.6) is 0 Å². The summed E-state index contributed by atoms with van der Waals surface area (Å²) in [6.45, 7) is 1.40. The van der Waals surface area contributed by atoms with E-state index < -0.39 is 17.0 Å². The lowest BCUT2D eigenvalue weighted by atomic mass is 9.76. The van der Waals surface area contributed by atoms with Crippen LogP contribution in [0.3, 0.4) is 0 Å². The summed E-state index contributed by atoms with van der Waals surface area (Å²) in [6.07, 6.45) is 1.24. The van der Waals surface area contributed by atoms with Gasteiger partial charge in [-0.2, -0.15) is 0 Å². The van der Waals surface area contributed by atoms with Gasteiger partial charge in [-0.25, -0.2) is 0 Å². The summed E-state index contributed by atoms with van der Waals surface area (Å²) in [4.78, 5) is 2.28.